The zero-order valence-electron chi connectivity index (χ0n) is 12.4. The van der Waals surface area contributed by atoms with Gasteiger partial charge in [0, 0.05) is 25.6 Å². The standard InChI is InChI=1S/C15H21NO5/c1-19-12-4-3-11(14(10-12)20-2)9-13(15(17)18)16-5-7-21-8-6-16/h3-4,10,13H,5-9H2,1-2H3,(H,17,18)/t13-/m1/s1. The first-order chi connectivity index (χ1) is 10.2. The summed E-state index contributed by atoms with van der Waals surface area (Å²) in [7, 11) is 3.16. The molecule has 0 aliphatic carbocycles. The van der Waals surface area contributed by atoms with Crippen LogP contribution in [0.3, 0.4) is 0 Å². The Kier molecular flexibility index (Phi) is 5.41. The molecule has 1 fully saturated rings. The fourth-order valence-electron chi connectivity index (χ4n) is 2.49. The molecule has 0 spiro atoms. The zero-order chi connectivity index (χ0) is 15.2. The van der Waals surface area contributed by atoms with Crippen LogP contribution in [-0.2, 0) is 16.0 Å². The Balaban J connectivity index is 2.18. The lowest BCUT2D eigenvalue weighted by Crippen LogP contribution is -2.48. The first-order valence-electron chi connectivity index (χ1n) is 6.91. The van der Waals surface area contributed by atoms with Crippen LogP contribution in [0.25, 0.3) is 0 Å². The van der Waals surface area contributed by atoms with Gasteiger partial charge in [-0.25, -0.2) is 0 Å². The molecule has 1 aliphatic heterocycles. The number of carboxylic acid groups (broad SMARTS) is 1. The number of nitrogens with zero attached hydrogens (tertiary/aromatic N) is 1. The van der Waals surface area contributed by atoms with Crippen molar-refractivity contribution in [1.29, 1.82) is 0 Å². The van der Waals surface area contributed by atoms with Gasteiger partial charge in [-0.05, 0) is 11.6 Å². The average molecular weight is 295 g/mol. The van der Waals surface area contributed by atoms with Crippen molar-refractivity contribution < 1.29 is 24.1 Å². The Morgan fingerprint density at radius 2 is 2.05 bits per heavy atom. The number of morpholine rings is 1. The molecule has 0 amide bonds. The average Bonchev–Trinajstić information content (AvgIpc) is 2.53. The van der Waals surface area contributed by atoms with Crippen LogP contribution < -0.4 is 9.47 Å². The van der Waals surface area contributed by atoms with Crippen LogP contribution in [0.1, 0.15) is 5.56 Å². The fourth-order valence-corrected chi connectivity index (χ4v) is 2.49. The van der Waals surface area contributed by atoms with Crippen LogP contribution in [0, 0.1) is 0 Å². The van der Waals surface area contributed by atoms with Crippen LogP contribution >= 0.6 is 0 Å². The second-order valence-electron chi connectivity index (χ2n) is 4.88. The largest absolute Gasteiger partial charge is 0.497 e. The molecule has 0 bridgehead atoms. The quantitative estimate of drug-likeness (QED) is 0.845. The predicted molar refractivity (Wildman–Crippen MR) is 77.1 cm³/mol. The molecule has 1 heterocycles. The molecule has 1 aromatic rings. The highest BCUT2D eigenvalue weighted by molar-refractivity contribution is 5.74. The van der Waals surface area contributed by atoms with Gasteiger partial charge in [0.25, 0.3) is 0 Å². The number of ether oxygens (including phenoxy) is 3. The Hall–Kier alpha value is -1.79. The van der Waals surface area contributed by atoms with Gasteiger partial charge >= 0.3 is 5.97 Å². The first kappa shape index (κ1) is 15.6. The highest BCUT2D eigenvalue weighted by atomic mass is 16.5. The van der Waals surface area contributed by atoms with Gasteiger partial charge in [-0.1, -0.05) is 6.07 Å². The SMILES string of the molecule is COc1ccc(C[C@H](C(=O)O)N2CCOCC2)c(OC)c1. The Bertz CT molecular complexity index is 485. The van der Waals surface area contributed by atoms with Gasteiger partial charge in [-0.3, -0.25) is 9.69 Å². The molecule has 1 aliphatic rings. The summed E-state index contributed by atoms with van der Waals surface area (Å²) in [5.41, 5.74) is 0.859. The molecule has 2 rings (SSSR count). The number of aliphatic carboxylic acids is 1. The molecule has 0 radical (unpaired) electrons. The van der Waals surface area contributed by atoms with E-state index in [0.717, 1.165) is 5.56 Å². The van der Waals surface area contributed by atoms with Gasteiger partial charge in [-0.2, -0.15) is 0 Å². The Morgan fingerprint density at radius 1 is 1.33 bits per heavy atom. The summed E-state index contributed by atoms with van der Waals surface area (Å²) in [6, 6.07) is 4.87. The van der Waals surface area contributed by atoms with E-state index in [2.05, 4.69) is 0 Å². The molecule has 0 aromatic heterocycles. The maximum atomic E-state index is 11.6. The lowest BCUT2D eigenvalue weighted by Gasteiger charge is -2.32. The maximum Gasteiger partial charge on any atom is 0.321 e. The second kappa shape index (κ2) is 7.28. The van der Waals surface area contributed by atoms with E-state index in [9.17, 15) is 9.90 Å². The predicted octanol–water partition coefficient (Wildman–Crippen LogP) is 1.03. The van der Waals surface area contributed by atoms with Crippen LogP contribution in [-0.4, -0.2) is 62.5 Å². The van der Waals surface area contributed by atoms with Crippen LogP contribution in [0.4, 0.5) is 0 Å². The Morgan fingerprint density at radius 3 is 2.62 bits per heavy atom. The minimum absolute atomic E-state index is 0.391. The van der Waals surface area contributed by atoms with Crippen LogP contribution in [0.2, 0.25) is 0 Å². The Labute approximate surface area is 124 Å². The van der Waals surface area contributed by atoms with E-state index in [1.807, 2.05) is 17.0 Å². The van der Waals surface area contributed by atoms with Gasteiger partial charge in [-0.15, -0.1) is 0 Å². The monoisotopic (exact) mass is 295 g/mol. The van der Waals surface area contributed by atoms with E-state index in [-0.39, 0.29) is 0 Å². The van der Waals surface area contributed by atoms with Gasteiger partial charge in [0.15, 0.2) is 0 Å². The van der Waals surface area contributed by atoms with Crippen molar-refractivity contribution in [2.24, 2.45) is 0 Å². The summed E-state index contributed by atoms with van der Waals surface area (Å²) < 4.78 is 15.8. The summed E-state index contributed by atoms with van der Waals surface area (Å²) >= 11 is 0. The highest BCUT2D eigenvalue weighted by Gasteiger charge is 2.28. The van der Waals surface area contributed by atoms with Crippen molar-refractivity contribution in [2.75, 3.05) is 40.5 Å². The number of hydrogen-bond acceptors (Lipinski definition) is 5. The van der Waals surface area contributed by atoms with Crippen molar-refractivity contribution in [3.05, 3.63) is 23.8 Å². The van der Waals surface area contributed by atoms with Crippen molar-refractivity contribution in [3.63, 3.8) is 0 Å². The van der Waals surface area contributed by atoms with Gasteiger partial charge < -0.3 is 19.3 Å². The maximum absolute atomic E-state index is 11.6. The summed E-state index contributed by atoms with van der Waals surface area (Å²) in [6.07, 6.45) is 0.391. The number of hydrogen-bond donors (Lipinski definition) is 1. The molecule has 1 saturated heterocycles. The first-order valence-corrected chi connectivity index (χ1v) is 6.91. The lowest BCUT2D eigenvalue weighted by atomic mass is 10.0. The molecule has 21 heavy (non-hydrogen) atoms. The summed E-state index contributed by atoms with van der Waals surface area (Å²) in [5, 5.41) is 9.50. The third-order valence-corrected chi connectivity index (χ3v) is 3.68. The molecular formula is C15H21NO5. The summed E-state index contributed by atoms with van der Waals surface area (Å²) in [4.78, 5) is 13.5. The number of methoxy groups -OCH3 is 2. The minimum Gasteiger partial charge on any atom is -0.497 e. The van der Waals surface area contributed by atoms with E-state index in [4.69, 9.17) is 14.2 Å². The van der Waals surface area contributed by atoms with E-state index < -0.39 is 12.0 Å². The third-order valence-electron chi connectivity index (χ3n) is 3.68. The summed E-state index contributed by atoms with van der Waals surface area (Å²) in [5.74, 6) is 0.512. The zero-order valence-corrected chi connectivity index (χ0v) is 12.4. The van der Waals surface area contributed by atoms with Crippen LogP contribution in [0.15, 0.2) is 18.2 Å². The smallest absolute Gasteiger partial charge is 0.321 e. The van der Waals surface area contributed by atoms with E-state index in [1.54, 1.807) is 20.3 Å². The molecule has 1 atom stereocenters. The minimum atomic E-state index is -0.824. The fraction of sp³-hybridized carbons (Fsp3) is 0.533. The van der Waals surface area contributed by atoms with Crippen molar-refractivity contribution in [1.82, 2.24) is 4.90 Å². The molecule has 1 N–H and O–H groups in total. The van der Waals surface area contributed by atoms with Crippen molar-refractivity contribution in [3.8, 4) is 11.5 Å². The number of carbonyl (C=O) groups is 1. The van der Waals surface area contributed by atoms with Crippen LogP contribution in [0.5, 0.6) is 11.5 Å². The normalized spacial score (nSPS) is 17.2. The topological polar surface area (TPSA) is 68.2 Å². The molecule has 116 valence electrons. The van der Waals surface area contributed by atoms with Gasteiger partial charge in [0.2, 0.25) is 0 Å². The van der Waals surface area contributed by atoms with E-state index in [1.165, 1.54) is 0 Å². The van der Waals surface area contributed by atoms with E-state index in [0.29, 0.717) is 44.2 Å². The molecule has 0 saturated carbocycles. The van der Waals surface area contributed by atoms with E-state index >= 15 is 0 Å². The molecular weight excluding hydrogens is 274 g/mol. The molecule has 1 aromatic carbocycles. The van der Waals surface area contributed by atoms with Gasteiger partial charge in [0.1, 0.15) is 17.5 Å². The lowest BCUT2D eigenvalue weighted by molar-refractivity contribution is -0.145. The molecule has 6 heteroatoms. The van der Waals surface area contributed by atoms with Crippen molar-refractivity contribution in [2.45, 2.75) is 12.5 Å². The van der Waals surface area contributed by atoms with Gasteiger partial charge in [0.05, 0.1) is 27.4 Å². The molecule has 0 unspecified atom stereocenters. The highest BCUT2D eigenvalue weighted by Crippen LogP contribution is 2.26. The summed E-state index contributed by atoms with van der Waals surface area (Å²) in [6.45, 7) is 2.41. The molecule has 6 nitrogen and oxygen atoms in total. The number of benzene rings is 1. The number of rotatable bonds is 6. The third kappa shape index (κ3) is 3.86. The van der Waals surface area contributed by atoms with Crippen molar-refractivity contribution >= 4 is 5.97 Å². The second-order valence-corrected chi connectivity index (χ2v) is 4.88. The number of carboxylic acids is 1.